The van der Waals surface area contributed by atoms with Gasteiger partial charge < -0.3 is 19.5 Å². The summed E-state index contributed by atoms with van der Waals surface area (Å²) in [5.74, 6) is 2.46. The zero-order valence-corrected chi connectivity index (χ0v) is 12.7. The van der Waals surface area contributed by atoms with Crippen LogP contribution in [-0.2, 0) is 6.54 Å². The molecule has 2 aromatic carbocycles. The molecule has 0 spiro atoms. The molecule has 0 aliphatic heterocycles. The second-order valence-electron chi connectivity index (χ2n) is 4.53. The van der Waals surface area contributed by atoms with Gasteiger partial charge in [-0.2, -0.15) is 0 Å². The van der Waals surface area contributed by atoms with Crippen LogP contribution in [0.25, 0.3) is 0 Å². The number of hydrogen-bond donors (Lipinski definition) is 1. The van der Waals surface area contributed by atoms with Crippen molar-refractivity contribution in [3.63, 3.8) is 0 Å². The molecule has 2 aromatic rings. The largest absolute Gasteiger partial charge is 0.497 e. The average molecular weight is 287 g/mol. The van der Waals surface area contributed by atoms with Gasteiger partial charge in [0.2, 0.25) is 0 Å². The molecule has 21 heavy (non-hydrogen) atoms. The highest BCUT2D eigenvalue weighted by molar-refractivity contribution is 5.48. The number of ether oxygens (including phenoxy) is 3. The second-order valence-corrected chi connectivity index (χ2v) is 4.53. The summed E-state index contributed by atoms with van der Waals surface area (Å²) in [6.45, 7) is 3.35. The van der Waals surface area contributed by atoms with Crippen LogP contribution in [0.3, 0.4) is 0 Å². The Kier molecular flexibility index (Phi) is 5.32. The number of hydrogen-bond acceptors (Lipinski definition) is 4. The summed E-state index contributed by atoms with van der Waals surface area (Å²) in [6.07, 6.45) is 0. The third-order valence-corrected chi connectivity index (χ3v) is 3.07. The molecule has 0 fully saturated rings. The predicted molar refractivity (Wildman–Crippen MR) is 84.5 cm³/mol. The third-order valence-electron chi connectivity index (χ3n) is 3.07. The maximum absolute atomic E-state index is 5.42. The van der Waals surface area contributed by atoms with E-state index >= 15 is 0 Å². The molecule has 0 atom stereocenters. The summed E-state index contributed by atoms with van der Waals surface area (Å²) in [5.41, 5.74) is 2.14. The number of rotatable bonds is 7. The molecule has 0 aliphatic rings. The van der Waals surface area contributed by atoms with Crippen molar-refractivity contribution in [2.45, 2.75) is 13.5 Å². The molecule has 0 amide bonds. The Morgan fingerprint density at radius 2 is 1.48 bits per heavy atom. The van der Waals surface area contributed by atoms with Crippen molar-refractivity contribution in [3.05, 3.63) is 48.0 Å². The van der Waals surface area contributed by atoms with E-state index in [1.165, 1.54) is 0 Å². The van der Waals surface area contributed by atoms with Gasteiger partial charge in [0.1, 0.15) is 17.2 Å². The van der Waals surface area contributed by atoms with Gasteiger partial charge >= 0.3 is 0 Å². The molecule has 0 saturated heterocycles. The summed E-state index contributed by atoms with van der Waals surface area (Å²) >= 11 is 0. The van der Waals surface area contributed by atoms with Crippen molar-refractivity contribution >= 4 is 5.69 Å². The molecule has 0 aromatic heterocycles. The minimum absolute atomic E-state index is 0.677. The Hall–Kier alpha value is -2.36. The van der Waals surface area contributed by atoms with Gasteiger partial charge in [-0.1, -0.05) is 0 Å². The lowest BCUT2D eigenvalue weighted by Crippen LogP contribution is -2.00. The van der Waals surface area contributed by atoms with E-state index in [1.54, 1.807) is 14.2 Å². The Balaban J connectivity index is 2.01. The fraction of sp³-hybridized carbons (Fsp3) is 0.294. The van der Waals surface area contributed by atoms with Crippen LogP contribution < -0.4 is 19.5 Å². The molecular formula is C17H21NO3. The number of anilines is 1. The van der Waals surface area contributed by atoms with E-state index in [9.17, 15) is 0 Å². The van der Waals surface area contributed by atoms with Gasteiger partial charge in [-0.3, -0.25) is 0 Å². The van der Waals surface area contributed by atoms with Gasteiger partial charge in [0.15, 0.2) is 0 Å². The predicted octanol–water partition coefficient (Wildman–Crippen LogP) is 3.71. The number of nitrogens with one attached hydrogen (secondary N) is 1. The molecule has 0 aliphatic carbocycles. The van der Waals surface area contributed by atoms with Gasteiger partial charge in [-0.25, -0.2) is 0 Å². The molecule has 1 N–H and O–H groups in total. The lowest BCUT2D eigenvalue weighted by atomic mass is 10.2. The molecule has 2 rings (SSSR count). The highest BCUT2D eigenvalue weighted by atomic mass is 16.5. The Bertz CT molecular complexity index is 544. The molecule has 0 bridgehead atoms. The first-order valence-corrected chi connectivity index (χ1v) is 6.94. The third kappa shape index (κ3) is 4.31. The van der Waals surface area contributed by atoms with Crippen LogP contribution in [0, 0.1) is 0 Å². The summed E-state index contributed by atoms with van der Waals surface area (Å²) in [7, 11) is 3.30. The Morgan fingerprint density at radius 3 is 2.00 bits per heavy atom. The lowest BCUT2D eigenvalue weighted by Gasteiger charge is -2.11. The van der Waals surface area contributed by atoms with Crippen molar-refractivity contribution in [1.29, 1.82) is 0 Å². The molecular weight excluding hydrogens is 266 g/mol. The smallest absolute Gasteiger partial charge is 0.122 e. The first-order valence-electron chi connectivity index (χ1n) is 6.94. The number of methoxy groups -OCH3 is 2. The van der Waals surface area contributed by atoms with E-state index in [0.717, 1.165) is 28.5 Å². The molecule has 0 unspecified atom stereocenters. The molecule has 0 heterocycles. The topological polar surface area (TPSA) is 39.7 Å². The summed E-state index contributed by atoms with van der Waals surface area (Å²) in [5, 5.41) is 3.37. The summed E-state index contributed by atoms with van der Waals surface area (Å²) < 4.78 is 16.0. The second kappa shape index (κ2) is 7.43. The molecule has 0 radical (unpaired) electrons. The van der Waals surface area contributed by atoms with Crippen molar-refractivity contribution in [2.75, 3.05) is 26.1 Å². The highest BCUT2D eigenvalue weighted by Crippen LogP contribution is 2.23. The van der Waals surface area contributed by atoms with Crippen LogP contribution in [0.4, 0.5) is 5.69 Å². The van der Waals surface area contributed by atoms with Crippen LogP contribution in [-0.4, -0.2) is 20.8 Å². The number of benzene rings is 2. The van der Waals surface area contributed by atoms with Gasteiger partial charge in [-0.15, -0.1) is 0 Å². The molecule has 4 heteroatoms. The van der Waals surface area contributed by atoms with E-state index in [2.05, 4.69) is 5.32 Å². The fourth-order valence-electron chi connectivity index (χ4n) is 2.01. The standard InChI is InChI=1S/C17H21NO3/c1-4-21-15-7-5-14(6-8-15)18-12-13-9-16(19-2)11-17(10-13)20-3/h5-11,18H,4,12H2,1-3H3. The van der Waals surface area contributed by atoms with Crippen molar-refractivity contribution in [3.8, 4) is 17.2 Å². The highest BCUT2D eigenvalue weighted by Gasteiger charge is 2.02. The van der Waals surface area contributed by atoms with Crippen LogP contribution in [0.5, 0.6) is 17.2 Å². The van der Waals surface area contributed by atoms with Gasteiger partial charge in [0.05, 0.1) is 20.8 Å². The van der Waals surface area contributed by atoms with Gasteiger partial charge in [0.25, 0.3) is 0 Å². The van der Waals surface area contributed by atoms with Crippen molar-refractivity contribution in [1.82, 2.24) is 0 Å². The minimum atomic E-state index is 0.677. The first kappa shape index (κ1) is 15.0. The van der Waals surface area contributed by atoms with E-state index in [4.69, 9.17) is 14.2 Å². The molecule has 4 nitrogen and oxygen atoms in total. The van der Waals surface area contributed by atoms with Crippen molar-refractivity contribution in [2.24, 2.45) is 0 Å². The Labute approximate surface area is 125 Å². The molecule has 112 valence electrons. The van der Waals surface area contributed by atoms with Crippen molar-refractivity contribution < 1.29 is 14.2 Å². The lowest BCUT2D eigenvalue weighted by molar-refractivity contribution is 0.340. The SMILES string of the molecule is CCOc1ccc(NCc2cc(OC)cc(OC)c2)cc1. The van der Waals surface area contributed by atoms with Crippen LogP contribution in [0.2, 0.25) is 0 Å². The van der Waals surface area contributed by atoms with Crippen LogP contribution >= 0.6 is 0 Å². The van der Waals surface area contributed by atoms with E-state index in [-0.39, 0.29) is 0 Å². The van der Waals surface area contributed by atoms with E-state index in [0.29, 0.717) is 13.2 Å². The zero-order chi connectivity index (χ0) is 15.1. The van der Waals surface area contributed by atoms with Crippen LogP contribution in [0.1, 0.15) is 12.5 Å². The van der Waals surface area contributed by atoms with Gasteiger partial charge in [0, 0.05) is 18.3 Å². The average Bonchev–Trinajstić information content (AvgIpc) is 2.54. The van der Waals surface area contributed by atoms with E-state index in [1.807, 2.05) is 49.4 Å². The first-order chi connectivity index (χ1) is 10.2. The normalized spacial score (nSPS) is 10.0. The monoisotopic (exact) mass is 287 g/mol. The fourth-order valence-corrected chi connectivity index (χ4v) is 2.01. The maximum atomic E-state index is 5.42. The molecule has 0 saturated carbocycles. The quantitative estimate of drug-likeness (QED) is 0.842. The van der Waals surface area contributed by atoms with Gasteiger partial charge in [-0.05, 0) is 48.9 Å². The van der Waals surface area contributed by atoms with E-state index < -0.39 is 0 Å². The zero-order valence-electron chi connectivity index (χ0n) is 12.7. The van der Waals surface area contributed by atoms with Crippen LogP contribution in [0.15, 0.2) is 42.5 Å². The summed E-state index contributed by atoms with van der Waals surface area (Å²) in [6, 6.07) is 13.8. The minimum Gasteiger partial charge on any atom is -0.497 e. The maximum Gasteiger partial charge on any atom is 0.122 e. The summed E-state index contributed by atoms with van der Waals surface area (Å²) in [4.78, 5) is 0. The Morgan fingerprint density at radius 1 is 0.857 bits per heavy atom.